The molecule has 3 amide bonds. The molecule has 0 bridgehead atoms. The molecule has 0 saturated carbocycles. The summed E-state index contributed by atoms with van der Waals surface area (Å²) in [7, 11) is 6.14. The first kappa shape index (κ1) is 14.6. The zero-order chi connectivity index (χ0) is 15.9. The van der Waals surface area contributed by atoms with Gasteiger partial charge in [-0.25, -0.2) is 0 Å². The Balaban J connectivity index is 1.90. The predicted molar refractivity (Wildman–Crippen MR) is 79.9 cm³/mol. The van der Waals surface area contributed by atoms with Crippen LogP contribution in [-0.2, 0) is 16.1 Å². The van der Waals surface area contributed by atoms with Crippen LogP contribution in [0.4, 0.5) is 5.69 Å². The highest BCUT2D eigenvalue weighted by atomic mass is 16.2. The maximum absolute atomic E-state index is 12.5. The number of nitrogens with two attached hydrogens (primary N) is 1. The minimum Gasteiger partial charge on any atom is -0.373 e. The molecule has 3 rings (SSSR count). The Morgan fingerprint density at radius 3 is 2.82 bits per heavy atom. The van der Waals surface area contributed by atoms with E-state index in [4.69, 9.17) is 13.6 Å². The van der Waals surface area contributed by atoms with Gasteiger partial charge in [0.15, 0.2) is 0 Å². The third-order valence-electron chi connectivity index (χ3n) is 4.08. The molecule has 22 heavy (non-hydrogen) atoms. The average Bonchev–Trinajstić information content (AvgIpc) is 2.81. The van der Waals surface area contributed by atoms with E-state index in [1.807, 2.05) is 6.07 Å². The van der Waals surface area contributed by atoms with Crippen LogP contribution in [0.15, 0.2) is 18.2 Å². The number of amides is 3. The number of nitrogens with zero attached hydrogens (tertiary/aromatic N) is 1. The highest BCUT2D eigenvalue weighted by Gasteiger charge is 2.47. The highest BCUT2D eigenvalue weighted by Crippen LogP contribution is 2.33. The van der Waals surface area contributed by atoms with Crippen LogP contribution < -0.4 is 16.4 Å². The third kappa shape index (κ3) is 2.16. The zero-order valence-corrected chi connectivity index (χ0v) is 11.9. The van der Waals surface area contributed by atoms with Crippen molar-refractivity contribution in [1.82, 2.24) is 10.2 Å². The molecule has 1 fully saturated rings. The first-order valence-electron chi connectivity index (χ1n) is 6.97. The topological polar surface area (TPSA) is 105 Å². The highest BCUT2D eigenvalue weighted by molar-refractivity contribution is 6.32. The first-order valence-corrected chi connectivity index (χ1v) is 6.97. The number of carbonyl (C=O) groups excluding carboxylic acids is 3. The largest absolute Gasteiger partial charge is 0.373 e. The van der Waals surface area contributed by atoms with E-state index in [2.05, 4.69) is 10.6 Å². The van der Waals surface area contributed by atoms with Gasteiger partial charge in [0.2, 0.25) is 11.8 Å². The summed E-state index contributed by atoms with van der Waals surface area (Å²) in [4.78, 5) is 37.2. The molecule has 2 heterocycles. The molecule has 2 aliphatic rings. The monoisotopic (exact) mass is 298 g/mol. The predicted octanol–water partition coefficient (Wildman–Crippen LogP) is -0.728. The summed E-state index contributed by atoms with van der Waals surface area (Å²) in [5.41, 5.74) is 6.03. The van der Waals surface area contributed by atoms with Crippen molar-refractivity contribution in [3.63, 3.8) is 0 Å². The molecular formula is C14H15BN4O3. The summed E-state index contributed by atoms with van der Waals surface area (Å²) in [6, 6.07) is 5.25. The van der Waals surface area contributed by atoms with E-state index in [9.17, 15) is 14.4 Å². The molecule has 0 aromatic heterocycles. The molecule has 0 aliphatic carbocycles. The molecule has 4 N–H and O–H groups in total. The van der Waals surface area contributed by atoms with Crippen LogP contribution in [0.5, 0.6) is 0 Å². The van der Waals surface area contributed by atoms with Gasteiger partial charge in [0.05, 0.1) is 12.1 Å². The van der Waals surface area contributed by atoms with Gasteiger partial charge in [0.1, 0.15) is 7.85 Å². The smallest absolute Gasteiger partial charge is 0.254 e. The van der Waals surface area contributed by atoms with Crippen LogP contribution in [-0.4, -0.2) is 42.6 Å². The lowest BCUT2D eigenvalue weighted by Crippen LogP contribution is -2.63. The van der Waals surface area contributed by atoms with Crippen LogP contribution in [0, 0.1) is 0 Å². The standard InChI is InChI=1S/C14H15BN4O3/c15-14(4-3-11(20)18-13(14)22)19-6-8-5-9(17-7-16)1-2-10(8)12(19)21/h1-2,5,17H,3-4,6-7,16H2,(H,18,20,22). The quantitative estimate of drug-likeness (QED) is 0.388. The van der Waals surface area contributed by atoms with Crippen molar-refractivity contribution in [3.8, 4) is 0 Å². The van der Waals surface area contributed by atoms with Crippen LogP contribution in [0.1, 0.15) is 28.8 Å². The van der Waals surface area contributed by atoms with E-state index in [0.29, 0.717) is 5.56 Å². The number of anilines is 1. The molecule has 1 saturated heterocycles. The molecule has 112 valence electrons. The zero-order valence-electron chi connectivity index (χ0n) is 11.9. The van der Waals surface area contributed by atoms with Crippen molar-refractivity contribution in [2.45, 2.75) is 24.8 Å². The molecule has 1 atom stereocenters. The number of benzene rings is 1. The number of fused-ring (bicyclic) bond motifs is 1. The fourth-order valence-corrected chi connectivity index (χ4v) is 2.84. The van der Waals surface area contributed by atoms with Gasteiger partial charge in [-0.3, -0.25) is 19.7 Å². The Morgan fingerprint density at radius 2 is 2.14 bits per heavy atom. The SMILES string of the molecule is [B]C1(N2Cc3cc(NCN)ccc3C2=O)CCC(=O)NC1=O. The molecule has 8 heteroatoms. The van der Waals surface area contributed by atoms with Gasteiger partial charge in [-0.15, -0.1) is 0 Å². The van der Waals surface area contributed by atoms with Gasteiger partial charge >= 0.3 is 0 Å². The van der Waals surface area contributed by atoms with Crippen molar-refractivity contribution in [2.75, 3.05) is 12.0 Å². The number of imide groups is 1. The van der Waals surface area contributed by atoms with Gasteiger partial charge in [-0.1, -0.05) is 0 Å². The molecule has 1 aromatic carbocycles. The van der Waals surface area contributed by atoms with Crippen LogP contribution in [0.25, 0.3) is 0 Å². The number of piperidine rings is 1. The number of carbonyl (C=O) groups is 3. The van der Waals surface area contributed by atoms with E-state index in [0.717, 1.165) is 11.3 Å². The lowest BCUT2D eigenvalue weighted by Gasteiger charge is -2.40. The van der Waals surface area contributed by atoms with Gasteiger partial charge in [-0.2, -0.15) is 0 Å². The lowest BCUT2D eigenvalue weighted by molar-refractivity contribution is -0.138. The van der Waals surface area contributed by atoms with Gasteiger partial charge in [0.25, 0.3) is 5.91 Å². The van der Waals surface area contributed by atoms with Gasteiger partial charge < -0.3 is 16.0 Å². The molecule has 1 unspecified atom stereocenters. The molecule has 2 radical (unpaired) electrons. The van der Waals surface area contributed by atoms with E-state index in [1.54, 1.807) is 12.1 Å². The Kier molecular flexibility index (Phi) is 3.40. The Labute approximate surface area is 128 Å². The Morgan fingerprint density at radius 1 is 1.36 bits per heavy atom. The third-order valence-corrected chi connectivity index (χ3v) is 4.08. The average molecular weight is 298 g/mol. The summed E-state index contributed by atoms with van der Waals surface area (Å²) < 4.78 is 0. The first-order chi connectivity index (χ1) is 10.5. The van der Waals surface area contributed by atoms with Crippen molar-refractivity contribution in [3.05, 3.63) is 29.3 Å². The number of nitrogens with one attached hydrogen (secondary N) is 2. The van der Waals surface area contributed by atoms with Crippen molar-refractivity contribution < 1.29 is 14.4 Å². The van der Waals surface area contributed by atoms with Crippen molar-refractivity contribution in [1.29, 1.82) is 0 Å². The molecular weight excluding hydrogens is 283 g/mol. The second-order valence-corrected chi connectivity index (χ2v) is 5.45. The van der Waals surface area contributed by atoms with Crippen molar-refractivity contribution >= 4 is 31.3 Å². The Bertz CT molecular complexity index is 678. The van der Waals surface area contributed by atoms with Crippen molar-refractivity contribution in [2.24, 2.45) is 5.73 Å². The summed E-state index contributed by atoms with van der Waals surface area (Å²) in [6.07, 6.45) is 0.230. The summed E-state index contributed by atoms with van der Waals surface area (Å²) in [5.74, 6) is -1.31. The fraction of sp³-hybridized carbons (Fsp3) is 0.357. The van der Waals surface area contributed by atoms with Gasteiger partial charge in [0, 0.05) is 24.2 Å². The van der Waals surface area contributed by atoms with Crippen LogP contribution in [0.3, 0.4) is 0 Å². The normalized spacial score (nSPS) is 24.2. The Hall–Kier alpha value is -2.35. The maximum Gasteiger partial charge on any atom is 0.254 e. The summed E-state index contributed by atoms with van der Waals surface area (Å²) >= 11 is 0. The summed E-state index contributed by atoms with van der Waals surface area (Å²) in [5, 5.41) is 5.16. The van der Waals surface area contributed by atoms with E-state index < -0.39 is 11.3 Å². The fourth-order valence-electron chi connectivity index (χ4n) is 2.84. The molecule has 1 aromatic rings. The van der Waals surface area contributed by atoms with E-state index in [1.165, 1.54) is 4.90 Å². The molecule has 0 spiro atoms. The summed E-state index contributed by atoms with van der Waals surface area (Å²) in [6.45, 7) is 0.508. The van der Waals surface area contributed by atoms with E-state index in [-0.39, 0.29) is 37.9 Å². The molecule has 2 aliphatic heterocycles. The minimum atomic E-state index is -1.49. The van der Waals surface area contributed by atoms with Crippen LogP contribution in [0.2, 0.25) is 0 Å². The molecule has 7 nitrogen and oxygen atoms in total. The number of hydrogen-bond donors (Lipinski definition) is 3. The second-order valence-electron chi connectivity index (χ2n) is 5.45. The number of hydrogen-bond acceptors (Lipinski definition) is 5. The second kappa shape index (κ2) is 5.13. The minimum absolute atomic E-state index is 0.113. The maximum atomic E-state index is 12.5. The van der Waals surface area contributed by atoms with E-state index >= 15 is 0 Å². The number of rotatable bonds is 3. The van der Waals surface area contributed by atoms with Crippen LogP contribution >= 0.6 is 0 Å². The lowest BCUT2D eigenvalue weighted by atomic mass is 9.70. The van der Waals surface area contributed by atoms with Gasteiger partial charge in [-0.05, 0) is 30.2 Å².